The number of aromatic nitrogens is 5. The van der Waals surface area contributed by atoms with E-state index in [0.29, 0.717) is 34.0 Å². The van der Waals surface area contributed by atoms with Crippen LogP contribution in [0.4, 0.5) is 0 Å². The van der Waals surface area contributed by atoms with Crippen LogP contribution in [0.2, 0.25) is 5.02 Å². The number of hydrogen-bond acceptors (Lipinski definition) is 5. The molecule has 7 nitrogen and oxygen atoms in total. The van der Waals surface area contributed by atoms with E-state index >= 15 is 0 Å². The van der Waals surface area contributed by atoms with E-state index in [2.05, 4.69) is 33.7 Å². The standard InChI is InChI=1S/C23H25ClN6O/c1-14(2)28-6-4-16(5-7-28)20-13-30-21(10-25-20)27-19(9-22(30)31)17-8-18(24)23-26-15(3)11-29(23)12-17/h8-14,16H,4-7H2,1-3H3. The van der Waals surface area contributed by atoms with Crippen molar-refractivity contribution in [3.05, 3.63) is 63.7 Å². The predicted octanol–water partition coefficient (Wildman–Crippen LogP) is 3.95. The molecule has 5 rings (SSSR count). The van der Waals surface area contributed by atoms with Gasteiger partial charge in [0, 0.05) is 42.2 Å². The molecule has 4 aromatic heterocycles. The molecule has 0 radical (unpaired) electrons. The average molecular weight is 437 g/mol. The van der Waals surface area contributed by atoms with E-state index in [4.69, 9.17) is 11.6 Å². The van der Waals surface area contributed by atoms with Crippen molar-refractivity contribution in [1.82, 2.24) is 28.7 Å². The quantitative estimate of drug-likeness (QED) is 0.486. The van der Waals surface area contributed by atoms with Crippen LogP contribution in [-0.4, -0.2) is 47.8 Å². The molecule has 0 aromatic carbocycles. The topological polar surface area (TPSA) is 67.8 Å². The number of aryl methyl sites for hydroxylation is 1. The molecule has 1 aliphatic rings. The van der Waals surface area contributed by atoms with Crippen molar-refractivity contribution in [2.24, 2.45) is 0 Å². The molecule has 4 aromatic rings. The zero-order chi connectivity index (χ0) is 21.7. The normalized spacial score (nSPS) is 16.0. The lowest BCUT2D eigenvalue weighted by Gasteiger charge is -2.34. The summed E-state index contributed by atoms with van der Waals surface area (Å²) in [6.07, 6.45) is 9.47. The van der Waals surface area contributed by atoms with Gasteiger partial charge in [0.2, 0.25) is 0 Å². The monoisotopic (exact) mass is 436 g/mol. The minimum atomic E-state index is -0.124. The zero-order valence-electron chi connectivity index (χ0n) is 17.9. The van der Waals surface area contributed by atoms with Gasteiger partial charge in [0.05, 0.1) is 28.3 Å². The SMILES string of the molecule is Cc1cn2cc(-c3cc(=O)n4cc(C5CCN(C(C)C)CC5)ncc4n3)cc(Cl)c2n1. The lowest BCUT2D eigenvalue weighted by molar-refractivity contribution is 0.170. The third-order valence-corrected chi connectivity index (χ3v) is 6.45. The molecule has 1 saturated heterocycles. The second-order valence-corrected chi connectivity index (χ2v) is 9.02. The molecule has 5 heterocycles. The highest BCUT2D eigenvalue weighted by atomic mass is 35.5. The second kappa shape index (κ2) is 7.73. The number of halogens is 1. The maximum atomic E-state index is 12.9. The molecule has 0 spiro atoms. The molecule has 0 saturated carbocycles. The fourth-order valence-corrected chi connectivity index (χ4v) is 4.67. The van der Waals surface area contributed by atoms with Crippen LogP contribution in [0.15, 0.2) is 41.7 Å². The molecular formula is C23H25ClN6O. The molecule has 8 heteroatoms. The molecule has 0 aliphatic carbocycles. The fraction of sp³-hybridized carbons (Fsp3) is 0.391. The van der Waals surface area contributed by atoms with Crippen molar-refractivity contribution < 1.29 is 0 Å². The average Bonchev–Trinajstić information content (AvgIpc) is 3.14. The lowest BCUT2D eigenvalue weighted by atomic mass is 9.93. The van der Waals surface area contributed by atoms with Gasteiger partial charge in [0.15, 0.2) is 11.3 Å². The van der Waals surface area contributed by atoms with Crippen molar-refractivity contribution in [3.8, 4) is 11.3 Å². The van der Waals surface area contributed by atoms with Gasteiger partial charge in [-0.3, -0.25) is 14.2 Å². The maximum absolute atomic E-state index is 12.9. The third kappa shape index (κ3) is 3.72. The summed E-state index contributed by atoms with van der Waals surface area (Å²) in [5, 5.41) is 0.522. The Balaban J connectivity index is 1.50. The molecule has 0 unspecified atom stereocenters. The zero-order valence-corrected chi connectivity index (χ0v) is 18.7. The van der Waals surface area contributed by atoms with Gasteiger partial charge in [0.1, 0.15) is 0 Å². The van der Waals surface area contributed by atoms with E-state index in [1.165, 1.54) is 0 Å². The van der Waals surface area contributed by atoms with Crippen LogP contribution < -0.4 is 5.56 Å². The number of rotatable bonds is 3. The Hall–Kier alpha value is -2.77. The van der Waals surface area contributed by atoms with Crippen molar-refractivity contribution >= 4 is 22.9 Å². The first-order valence-corrected chi connectivity index (χ1v) is 11.1. The van der Waals surface area contributed by atoms with Gasteiger partial charge in [0.25, 0.3) is 5.56 Å². The third-order valence-electron chi connectivity index (χ3n) is 6.17. The smallest absolute Gasteiger partial charge is 0.258 e. The van der Waals surface area contributed by atoms with Crippen molar-refractivity contribution in [2.75, 3.05) is 13.1 Å². The summed E-state index contributed by atoms with van der Waals surface area (Å²) in [5.41, 5.74) is 4.27. The Labute approximate surface area is 185 Å². The lowest BCUT2D eigenvalue weighted by Crippen LogP contribution is -2.38. The Bertz CT molecular complexity index is 1330. The summed E-state index contributed by atoms with van der Waals surface area (Å²) >= 11 is 6.41. The van der Waals surface area contributed by atoms with Gasteiger partial charge < -0.3 is 9.30 Å². The van der Waals surface area contributed by atoms with Gasteiger partial charge >= 0.3 is 0 Å². The van der Waals surface area contributed by atoms with Gasteiger partial charge in [-0.15, -0.1) is 0 Å². The second-order valence-electron chi connectivity index (χ2n) is 8.61. The van der Waals surface area contributed by atoms with E-state index in [1.54, 1.807) is 22.7 Å². The molecule has 0 amide bonds. The van der Waals surface area contributed by atoms with Crippen LogP contribution in [0.1, 0.15) is 44.0 Å². The summed E-state index contributed by atoms with van der Waals surface area (Å²) in [4.78, 5) is 29.2. The highest BCUT2D eigenvalue weighted by Crippen LogP contribution is 2.28. The molecule has 1 aliphatic heterocycles. The Morgan fingerprint density at radius 3 is 2.61 bits per heavy atom. The van der Waals surface area contributed by atoms with Gasteiger partial charge in [-0.2, -0.15) is 0 Å². The van der Waals surface area contributed by atoms with Crippen LogP contribution >= 0.6 is 11.6 Å². The number of hydrogen-bond donors (Lipinski definition) is 0. The van der Waals surface area contributed by atoms with Gasteiger partial charge in [-0.1, -0.05) is 11.6 Å². The number of fused-ring (bicyclic) bond motifs is 2. The highest BCUT2D eigenvalue weighted by Gasteiger charge is 2.23. The van der Waals surface area contributed by atoms with Crippen LogP contribution in [0.5, 0.6) is 0 Å². The summed E-state index contributed by atoms with van der Waals surface area (Å²) in [6.45, 7) is 8.50. The summed E-state index contributed by atoms with van der Waals surface area (Å²) in [7, 11) is 0. The molecular weight excluding hydrogens is 412 g/mol. The van der Waals surface area contributed by atoms with E-state index in [-0.39, 0.29) is 5.56 Å². The van der Waals surface area contributed by atoms with E-state index < -0.39 is 0 Å². The number of likely N-dealkylation sites (tertiary alicyclic amines) is 1. The van der Waals surface area contributed by atoms with Crippen LogP contribution in [0, 0.1) is 6.92 Å². The molecule has 160 valence electrons. The Kier molecular flexibility index (Phi) is 5.02. The number of imidazole rings is 1. The molecule has 0 atom stereocenters. The largest absolute Gasteiger partial charge is 0.305 e. The van der Waals surface area contributed by atoms with Crippen molar-refractivity contribution in [2.45, 2.75) is 45.6 Å². The van der Waals surface area contributed by atoms with Crippen LogP contribution in [0.25, 0.3) is 22.6 Å². The maximum Gasteiger partial charge on any atom is 0.258 e. The summed E-state index contributed by atoms with van der Waals surface area (Å²) < 4.78 is 3.46. The number of piperidine rings is 1. The first kappa shape index (κ1) is 20.2. The highest BCUT2D eigenvalue weighted by molar-refractivity contribution is 6.33. The number of nitrogens with zero attached hydrogens (tertiary/aromatic N) is 6. The first-order chi connectivity index (χ1) is 14.9. The molecule has 0 bridgehead atoms. The van der Waals surface area contributed by atoms with E-state index in [0.717, 1.165) is 42.9 Å². The van der Waals surface area contributed by atoms with E-state index in [9.17, 15) is 4.79 Å². The fourth-order valence-electron chi connectivity index (χ4n) is 4.42. The number of pyridine rings is 1. The minimum Gasteiger partial charge on any atom is -0.305 e. The van der Waals surface area contributed by atoms with Crippen molar-refractivity contribution in [3.63, 3.8) is 0 Å². The molecule has 0 N–H and O–H groups in total. The van der Waals surface area contributed by atoms with E-state index in [1.807, 2.05) is 29.9 Å². The van der Waals surface area contributed by atoms with Gasteiger partial charge in [-0.05, 0) is 52.8 Å². The minimum absolute atomic E-state index is 0.124. The van der Waals surface area contributed by atoms with Crippen molar-refractivity contribution in [1.29, 1.82) is 0 Å². The summed E-state index contributed by atoms with van der Waals surface area (Å²) in [6, 6.07) is 3.92. The van der Waals surface area contributed by atoms with Crippen LogP contribution in [0.3, 0.4) is 0 Å². The Morgan fingerprint density at radius 2 is 1.87 bits per heavy atom. The van der Waals surface area contributed by atoms with Crippen LogP contribution in [-0.2, 0) is 0 Å². The Morgan fingerprint density at radius 1 is 1.10 bits per heavy atom. The molecule has 31 heavy (non-hydrogen) atoms. The summed E-state index contributed by atoms with van der Waals surface area (Å²) in [5.74, 6) is 0.372. The predicted molar refractivity (Wildman–Crippen MR) is 122 cm³/mol. The van der Waals surface area contributed by atoms with Gasteiger partial charge in [-0.25, -0.2) is 9.97 Å². The molecule has 1 fully saturated rings. The first-order valence-electron chi connectivity index (χ1n) is 10.7.